The zero-order valence-corrected chi connectivity index (χ0v) is 21.8. The van der Waals surface area contributed by atoms with E-state index in [1.165, 1.54) is 58.3 Å². The highest BCUT2D eigenvalue weighted by molar-refractivity contribution is 6.67. The summed E-state index contributed by atoms with van der Waals surface area (Å²) in [6.07, 6.45) is 0. The second kappa shape index (κ2) is 16.1. The van der Waals surface area contributed by atoms with Crippen LogP contribution in [0.1, 0.15) is 38.5 Å². The Hall–Kier alpha value is -4.84. The topological polar surface area (TPSA) is 170 Å². The van der Waals surface area contributed by atoms with Crippen molar-refractivity contribution in [3.63, 3.8) is 0 Å². The van der Waals surface area contributed by atoms with Gasteiger partial charge in [0.05, 0.1) is 9.85 Å². The number of carbonyl (C=O) groups excluding carboxylic acids is 3. The van der Waals surface area contributed by atoms with E-state index in [4.69, 9.17) is 17.3 Å². The quantitative estimate of drug-likeness (QED) is 0.199. The SMILES string of the molecule is C.CN(C)C(=O)c1ccc(N)cc1.CN(C)C(=O)c1ccc([N+](=O)[O-])cc1.O=C(Cl)c1ccc([N+](=O)[O-])cc1. The molecule has 0 aliphatic heterocycles. The Labute approximate surface area is 230 Å². The Balaban J connectivity index is 0.000000551. The van der Waals surface area contributed by atoms with E-state index in [1.54, 1.807) is 52.5 Å². The van der Waals surface area contributed by atoms with Gasteiger partial charge in [-0.25, -0.2) is 0 Å². The molecule has 0 saturated heterocycles. The van der Waals surface area contributed by atoms with Gasteiger partial charge in [0.1, 0.15) is 0 Å². The predicted molar refractivity (Wildman–Crippen MR) is 150 cm³/mol. The van der Waals surface area contributed by atoms with Crippen LogP contribution in [0.25, 0.3) is 0 Å². The van der Waals surface area contributed by atoms with Gasteiger partial charge in [0.25, 0.3) is 28.4 Å². The molecular formula is C26H30ClN5O7. The van der Waals surface area contributed by atoms with E-state index < -0.39 is 15.1 Å². The molecule has 0 atom stereocenters. The van der Waals surface area contributed by atoms with Gasteiger partial charge in [-0.15, -0.1) is 0 Å². The van der Waals surface area contributed by atoms with Crippen LogP contribution in [0.2, 0.25) is 0 Å². The van der Waals surface area contributed by atoms with Crippen molar-refractivity contribution in [2.75, 3.05) is 33.9 Å². The minimum atomic E-state index is -0.620. The zero-order valence-electron chi connectivity index (χ0n) is 21.0. The van der Waals surface area contributed by atoms with E-state index in [0.717, 1.165) is 0 Å². The number of carbonyl (C=O) groups is 3. The fraction of sp³-hybridized carbons (Fsp3) is 0.192. The summed E-state index contributed by atoms with van der Waals surface area (Å²) < 4.78 is 0. The normalized spacial score (nSPS) is 9.26. The molecule has 0 saturated carbocycles. The molecule has 2 amide bonds. The Kier molecular flexibility index (Phi) is 14.1. The molecule has 13 heteroatoms. The molecule has 208 valence electrons. The molecule has 3 aromatic carbocycles. The van der Waals surface area contributed by atoms with Crippen LogP contribution in [-0.2, 0) is 0 Å². The fourth-order valence-electron chi connectivity index (χ4n) is 2.58. The maximum absolute atomic E-state index is 11.4. The van der Waals surface area contributed by atoms with Gasteiger partial charge in [0.2, 0.25) is 0 Å². The second-order valence-corrected chi connectivity index (χ2v) is 8.25. The fourth-order valence-corrected chi connectivity index (χ4v) is 2.71. The zero-order chi connectivity index (χ0) is 29.0. The molecular weight excluding hydrogens is 530 g/mol. The summed E-state index contributed by atoms with van der Waals surface area (Å²) in [7, 11) is 6.70. The number of non-ortho nitro benzene ring substituents is 2. The van der Waals surface area contributed by atoms with E-state index in [9.17, 15) is 34.6 Å². The lowest BCUT2D eigenvalue weighted by Crippen LogP contribution is -2.21. The molecule has 0 spiro atoms. The average molecular weight is 560 g/mol. The van der Waals surface area contributed by atoms with E-state index in [2.05, 4.69) is 0 Å². The number of rotatable bonds is 5. The number of nitro groups is 2. The summed E-state index contributed by atoms with van der Waals surface area (Å²) in [5.41, 5.74) is 7.44. The molecule has 0 aliphatic rings. The maximum Gasteiger partial charge on any atom is 0.269 e. The van der Waals surface area contributed by atoms with Crippen LogP contribution in [0.3, 0.4) is 0 Å². The van der Waals surface area contributed by atoms with Gasteiger partial charge in [-0.3, -0.25) is 34.6 Å². The number of nitrogen functional groups attached to an aromatic ring is 1. The number of hydrogen-bond acceptors (Lipinski definition) is 8. The van der Waals surface area contributed by atoms with E-state index >= 15 is 0 Å². The summed E-state index contributed by atoms with van der Waals surface area (Å²) in [4.78, 5) is 55.7. The maximum atomic E-state index is 11.4. The van der Waals surface area contributed by atoms with Gasteiger partial charge in [-0.1, -0.05) is 7.43 Å². The molecule has 0 unspecified atom stereocenters. The molecule has 12 nitrogen and oxygen atoms in total. The molecule has 0 aromatic heterocycles. The van der Waals surface area contributed by atoms with Crippen molar-refractivity contribution in [2.45, 2.75) is 7.43 Å². The third-order valence-corrected chi connectivity index (χ3v) is 4.82. The number of amides is 2. The number of benzene rings is 3. The first-order valence-electron chi connectivity index (χ1n) is 10.7. The largest absolute Gasteiger partial charge is 0.399 e. The number of halogens is 1. The Morgan fingerprint density at radius 2 is 0.923 bits per heavy atom. The lowest BCUT2D eigenvalue weighted by Gasteiger charge is -2.09. The smallest absolute Gasteiger partial charge is 0.269 e. The van der Waals surface area contributed by atoms with Crippen LogP contribution >= 0.6 is 11.6 Å². The highest BCUT2D eigenvalue weighted by atomic mass is 35.5. The molecule has 0 bridgehead atoms. The van der Waals surface area contributed by atoms with Crippen LogP contribution in [0.4, 0.5) is 17.1 Å². The Bertz CT molecular complexity index is 1240. The number of hydrogen-bond donors (Lipinski definition) is 1. The lowest BCUT2D eigenvalue weighted by atomic mass is 10.2. The van der Waals surface area contributed by atoms with Gasteiger partial charge in [0, 0.05) is 74.8 Å². The van der Waals surface area contributed by atoms with Crippen molar-refractivity contribution in [1.29, 1.82) is 0 Å². The first kappa shape index (κ1) is 34.2. The molecule has 3 aromatic rings. The van der Waals surface area contributed by atoms with E-state index in [-0.39, 0.29) is 36.2 Å². The summed E-state index contributed by atoms with van der Waals surface area (Å²) in [5.74, 6) is -0.171. The molecule has 0 radical (unpaired) electrons. The number of nitro benzene ring substituents is 2. The van der Waals surface area contributed by atoms with Crippen LogP contribution in [0.15, 0.2) is 72.8 Å². The lowest BCUT2D eigenvalue weighted by molar-refractivity contribution is -0.385. The van der Waals surface area contributed by atoms with Gasteiger partial charge in [-0.2, -0.15) is 0 Å². The van der Waals surface area contributed by atoms with Crippen molar-refractivity contribution < 1.29 is 24.2 Å². The first-order valence-corrected chi connectivity index (χ1v) is 11.1. The minimum absolute atomic E-state index is 0. The summed E-state index contributed by atoms with van der Waals surface area (Å²) >= 11 is 5.13. The predicted octanol–water partition coefficient (Wildman–Crippen LogP) is 4.88. The number of nitrogens with zero attached hydrogens (tertiary/aromatic N) is 4. The summed E-state index contributed by atoms with van der Waals surface area (Å²) in [6.45, 7) is 0. The number of anilines is 1. The third-order valence-electron chi connectivity index (χ3n) is 4.60. The van der Waals surface area contributed by atoms with E-state index in [0.29, 0.717) is 16.8 Å². The molecule has 3 rings (SSSR count). The third kappa shape index (κ3) is 11.4. The van der Waals surface area contributed by atoms with Crippen LogP contribution in [-0.4, -0.2) is 64.9 Å². The molecule has 0 aliphatic carbocycles. The molecule has 0 fully saturated rings. The monoisotopic (exact) mass is 559 g/mol. The van der Waals surface area contributed by atoms with Crippen LogP contribution in [0, 0.1) is 20.2 Å². The standard InChI is InChI=1S/C9H10N2O3.C9H12N2O.C7H4ClNO3.CH4/c1-10(2)9(12)7-3-5-8(6-4-7)11(13)14;1-11(2)9(12)7-3-5-8(10)6-4-7;8-7(10)5-1-3-6(4-2-5)9(11)12;/h3-6H,1-2H3;3-6H,10H2,1-2H3;1-4H;1H4. The van der Waals surface area contributed by atoms with Crippen molar-refractivity contribution in [2.24, 2.45) is 0 Å². The second-order valence-electron chi connectivity index (χ2n) is 7.90. The summed E-state index contributed by atoms with van der Waals surface area (Å²) in [5, 5.41) is 19.9. The van der Waals surface area contributed by atoms with Crippen LogP contribution < -0.4 is 5.73 Å². The van der Waals surface area contributed by atoms with Crippen molar-refractivity contribution >= 4 is 45.7 Å². The van der Waals surface area contributed by atoms with Gasteiger partial charge in [0.15, 0.2) is 0 Å². The Morgan fingerprint density at radius 3 is 1.18 bits per heavy atom. The van der Waals surface area contributed by atoms with Crippen LogP contribution in [0.5, 0.6) is 0 Å². The van der Waals surface area contributed by atoms with Crippen molar-refractivity contribution in [3.05, 3.63) is 110 Å². The highest BCUT2D eigenvalue weighted by Gasteiger charge is 2.10. The molecule has 39 heavy (non-hydrogen) atoms. The molecule has 0 heterocycles. The van der Waals surface area contributed by atoms with Gasteiger partial charge < -0.3 is 15.5 Å². The van der Waals surface area contributed by atoms with E-state index in [1.807, 2.05) is 0 Å². The Morgan fingerprint density at radius 1 is 0.641 bits per heavy atom. The summed E-state index contributed by atoms with van der Waals surface area (Å²) in [6, 6.07) is 17.5. The van der Waals surface area contributed by atoms with Crippen molar-refractivity contribution in [3.8, 4) is 0 Å². The number of nitrogens with two attached hydrogens (primary N) is 1. The minimum Gasteiger partial charge on any atom is -0.399 e. The highest BCUT2D eigenvalue weighted by Crippen LogP contribution is 2.14. The van der Waals surface area contributed by atoms with Gasteiger partial charge in [-0.05, 0) is 60.1 Å². The van der Waals surface area contributed by atoms with Crippen molar-refractivity contribution in [1.82, 2.24) is 9.80 Å². The average Bonchev–Trinajstić information content (AvgIpc) is 2.89. The molecule has 2 N–H and O–H groups in total. The van der Waals surface area contributed by atoms with Gasteiger partial charge >= 0.3 is 0 Å². The first-order chi connectivity index (χ1) is 17.7.